The van der Waals surface area contributed by atoms with Gasteiger partial charge in [0.1, 0.15) is 6.04 Å². The number of furan rings is 1. The number of likely N-dealkylation sites (tertiary alicyclic amines) is 1. The number of hydrogen-bond acceptors (Lipinski definition) is 4. The summed E-state index contributed by atoms with van der Waals surface area (Å²) in [4.78, 5) is 31.6. The van der Waals surface area contributed by atoms with E-state index in [1.165, 1.54) is 11.8 Å². The number of rotatable bonds is 4. The van der Waals surface area contributed by atoms with E-state index >= 15 is 0 Å². The Hall–Kier alpha value is -2.31. The van der Waals surface area contributed by atoms with Gasteiger partial charge in [0.15, 0.2) is 5.76 Å². The molecule has 1 atom stereocenters. The molecule has 4 rings (SSSR count). The number of nitrogens with zero attached hydrogens (tertiary/aromatic N) is 3. The van der Waals surface area contributed by atoms with E-state index in [2.05, 4.69) is 4.90 Å². The zero-order valence-corrected chi connectivity index (χ0v) is 16.5. The Morgan fingerprint density at radius 2 is 1.79 bits per heavy atom. The van der Waals surface area contributed by atoms with Crippen molar-refractivity contribution in [2.45, 2.75) is 25.4 Å². The Morgan fingerprint density at radius 3 is 2.46 bits per heavy atom. The van der Waals surface area contributed by atoms with Crippen molar-refractivity contribution in [1.82, 2.24) is 14.7 Å². The van der Waals surface area contributed by atoms with E-state index < -0.39 is 0 Å². The van der Waals surface area contributed by atoms with Gasteiger partial charge in [-0.3, -0.25) is 14.5 Å². The second kappa shape index (κ2) is 8.37. The minimum absolute atomic E-state index is 0.0588. The minimum atomic E-state index is -0.375. The monoisotopic (exact) mass is 401 g/mol. The Balaban J connectivity index is 1.33. The Kier molecular flexibility index (Phi) is 5.69. The second-order valence-corrected chi connectivity index (χ2v) is 7.80. The van der Waals surface area contributed by atoms with Gasteiger partial charge in [-0.25, -0.2) is 0 Å². The average Bonchev–Trinajstić information content (AvgIpc) is 3.41. The minimum Gasteiger partial charge on any atom is -0.459 e. The van der Waals surface area contributed by atoms with Crippen molar-refractivity contribution in [3.8, 4) is 0 Å². The molecule has 0 radical (unpaired) electrons. The highest BCUT2D eigenvalue weighted by Crippen LogP contribution is 2.23. The Morgan fingerprint density at radius 1 is 1.04 bits per heavy atom. The van der Waals surface area contributed by atoms with E-state index in [4.69, 9.17) is 16.0 Å². The van der Waals surface area contributed by atoms with Crippen LogP contribution < -0.4 is 0 Å². The first-order chi connectivity index (χ1) is 13.6. The van der Waals surface area contributed by atoms with E-state index in [1.807, 2.05) is 29.2 Å². The molecule has 3 heterocycles. The fourth-order valence-corrected chi connectivity index (χ4v) is 4.12. The lowest BCUT2D eigenvalue weighted by Gasteiger charge is -2.37. The molecular weight excluding hydrogens is 378 g/mol. The predicted molar refractivity (Wildman–Crippen MR) is 106 cm³/mol. The number of carbonyl (C=O) groups is 2. The third-order valence-corrected chi connectivity index (χ3v) is 5.79. The molecule has 2 aromatic rings. The van der Waals surface area contributed by atoms with E-state index in [0.29, 0.717) is 25.4 Å². The quantitative estimate of drug-likeness (QED) is 0.790. The van der Waals surface area contributed by atoms with Gasteiger partial charge in [0.25, 0.3) is 5.91 Å². The van der Waals surface area contributed by atoms with Crippen LogP contribution in [0, 0.1) is 0 Å². The van der Waals surface area contributed by atoms with Gasteiger partial charge in [-0.05, 0) is 42.7 Å². The Bertz CT molecular complexity index is 814. The van der Waals surface area contributed by atoms with Gasteiger partial charge in [-0.2, -0.15) is 0 Å². The summed E-state index contributed by atoms with van der Waals surface area (Å²) >= 11 is 5.95. The molecule has 0 N–H and O–H groups in total. The molecule has 1 aromatic carbocycles. The van der Waals surface area contributed by atoms with Crippen molar-refractivity contribution in [3.05, 3.63) is 59.0 Å². The van der Waals surface area contributed by atoms with Gasteiger partial charge in [-0.1, -0.05) is 23.7 Å². The van der Waals surface area contributed by atoms with Crippen LogP contribution in [-0.2, 0) is 11.3 Å². The van der Waals surface area contributed by atoms with E-state index in [-0.39, 0.29) is 17.9 Å². The zero-order valence-electron chi connectivity index (χ0n) is 15.7. The molecule has 0 saturated carbocycles. The van der Waals surface area contributed by atoms with Gasteiger partial charge in [0.2, 0.25) is 5.91 Å². The molecule has 0 bridgehead atoms. The molecule has 2 fully saturated rings. The van der Waals surface area contributed by atoms with Gasteiger partial charge in [0, 0.05) is 44.3 Å². The van der Waals surface area contributed by atoms with E-state index in [0.717, 1.165) is 37.5 Å². The largest absolute Gasteiger partial charge is 0.459 e. The fourth-order valence-electron chi connectivity index (χ4n) is 3.99. The lowest BCUT2D eigenvalue weighted by molar-refractivity contribution is -0.137. The van der Waals surface area contributed by atoms with Crippen LogP contribution in [0.5, 0.6) is 0 Å². The molecule has 2 saturated heterocycles. The van der Waals surface area contributed by atoms with Crippen LogP contribution >= 0.6 is 11.6 Å². The van der Waals surface area contributed by atoms with E-state index in [1.54, 1.807) is 17.0 Å². The van der Waals surface area contributed by atoms with Crippen LogP contribution in [0.1, 0.15) is 29.0 Å². The smallest absolute Gasteiger partial charge is 0.290 e. The highest BCUT2D eigenvalue weighted by molar-refractivity contribution is 6.30. The van der Waals surface area contributed by atoms with Crippen molar-refractivity contribution >= 4 is 23.4 Å². The molecule has 148 valence electrons. The van der Waals surface area contributed by atoms with Crippen LogP contribution in [0.4, 0.5) is 0 Å². The first-order valence-electron chi connectivity index (χ1n) is 9.72. The molecule has 7 heteroatoms. The summed E-state index contributed by atoms with van der Waals surface area (Å²) in [5.74, 6) is 0.165. The third kappa shape index (κ3) is 4.08. The van der Waals surface area contributed by atoms with Crippen molar-refractivity contribution in [1.29, 1.82) is 0 Å². The molecule has 1 unspecified atom stereocenters. The maximum Gasteiger partial charge on any atom is 0.290 e. The fraction of sp³-hybridized carbons (Fsp3) is 0.429. The number of halogens is 1. The van der Waals surface area contributed by atoms with Gasteiger partial charge >= 0.3 is 0 Å². The maximum atomic E-state index is 13.1. The number of piperazine rings is 1. The first-order valence-corrected chi connectivity index (χ1v) is 10.1. The van der Waals surface area contributed by atoms with Gasteiger partial charge in [0.05, 0.1) is 6.26 Å². The summed E-state index contributed by atoms with van der Waals surface area (Å²) in [5, 5.41) is 0.740. The SMILES string of the molecule is O=C(C1CCCN1C(=O)c1ccco1)N1CCN(Cc2ccc(Cl)cc2)CC1. The number of benzene rings is 1. The highest BCUT2D eigenvalue weighted by atomic mass is 35.5. The lowest BCUT2D eigenvalue weighted by Crippen LogP contribution is -2.54. The molecule has 6 nitrogen and oxygen atoms in total. The van der Waals surface area contributed by atoms with Crippen LogP contribution in [0.3, 0.4) is 0 Å². The highest BCUT2D eigenvalue weighted by Gasteiger charge is 2.38. The summed E-state index contributed by atoms with van der Waals surface area (Å²) in [5.41, 5.74) is 1.22. The molecule has 0 spiro atoms. The van der Waals surface area contributed by atoms with Gasteiger partial charge in [-0.15, -0.1) is 0 Å². The summed E-state index contributed by atoms with van der Waals surface area (Å²) in [6.07, 6.45) is 3.05. The average molecular weight is 402 g/mol. The summed E-state index contributed by atoms with van der Waals surface area (Å²) in [7, 11) is 0. The van der Waals surface area contributed by atoms with Gasteiger partial charge < -0.3 is 14.2 Å². The topological polar surface area (TPSA) is 57.0 Å². The summed E-state index contributed by atoms with van der Waals surface area (Å²) in [6.45, 7) is 4.48. The number of carbonyl (C=O) groups excluding carboxylic acids is 2. The zero-order chi connectivity index (χ0) is 19.5. The summed E-state index contributed by atoms with van der Waals surface area (Å²) in [6, 6.07) is 10.9. The van der Waals surface area contributed by atoms with Crippen molar-refractivity contribution < 1.29 is 14.0 Å². The van der Waals surface area contributed by atoms with Crippen LogP contribution in [-0.4, -0.2) is 65.3 Å². The molecular formula is C21H24ClN3O3. The number of hydrogen-bond donors (Lipinski definition) is 0. The normalized spacial score (nSPS) is 20.5. The number of amides is 2. The van der Waals surface area contributed by atoms with Crippen molar-refractivity contribution in [3.63, 3.8) is 0 Å². The summed E-state index contributed by atoms with van der Waals surface area (Å²) < 4.78 is 5.23. The van der Waals surface area contributed by atoms with Crippen LogP contribution in [0.15, 0.2) is 47.1 Å². The second-order valence-electron chi connectivity index (χ2n) is 7.36. The third-order valence-electron chi connectivity index (χ3n) is 5.53. The van der Waals surface area contributed by atoms with E-state index in [9.17, 15) is 9.59 Å². The van der Waals surface area contributed by atoms with Crippen LogP contribution in [0.2, 0.25) is 5.02 Å². The predicted octanol–water partition coefficient (Wildman–Crippen LogP) is 2.88. The van der Waals surface area contributed by atoms with Crippen molar-refractivity contribution in [2.75, 3.05) is 32.7 Å². The molecule has 2 aliphatic heterocycles. The Labute approximate surface area is 169 Å². The first kappa shape index (κ1) is 19.0. The standard InChI is InChI=1S/C21H24ClN3O3/c22-17-7-5-16(6-8-17)15-23-10-12-24(13-11-23)20(26)18-3-1-9-25(18)21(27)19-4-2-14-28-19/h2,4-8,14,18H,1,3,9-13,15H2. The molecule has 0 aliphatic carbocycles. The molecule has 2 aliphatic rings. The molecule has 28 heavy (non-hydrogen) atoms. The van der Waals surface area contributed by atoms with Crippen LogP contribution in [0.25, 0.3) is 0 Å². The molecule has 1 aromatic heterocycles. The lowest BCUT2D eigenvalue weighted by atomic mass is 10.1. The molecule has 2 amide bonds. The maximum absolute atomic E-state index is 13.1. The van der Waals surface area contributed by atoms with Crippen molar-refractivity contribution in [2.24, 2.45) is 0 Å².